The Balaban J connectivity index is 3.92. The van der Waals surface area contributed by atoms with Gasteiger partial charge in [0.15, 0.2) is 0 Å². The summed E-state index contributed by atoms with van der Waals surface area (Å²) in [6.45, 7) is 10.1. The molecule has 0 heteroatoms. The SMILES string of the molecule is C=C=C(CC)C(C)C. The van der Waals surface area contributed by atoms with E-state index < -0.39 is 0 Å². The summed E-state index contributed by atoms with van der Waals surface area (Å²) in [6, 6.07) is 0. The summed E-state index contributed by atoms with van der Waals surface area (Å²) in [4.78, 5) is 0. The smallest absolute Gasteiger partial charge is 0.0184 e. The minimum Gasteiger partial charge on any atom is -0.129 e. The van der Waals surface area contributed by atoms with Crippen molar-refractivity contribution in [2.75, 3.05) is 0 Å². The molecule has 0 saturated carbocycles. The van der Waals surface area contributed by atoms with Crippen LogP contribution in [0.3, 0.4) is 0 Å². The van der Waals surface area contributed by atoms with Gasteiger partial charge < -0.3 is 0 Å². The molecule has 0 aromatic carbocycles. The zero-order valence-corrected chi connectivity index (χ0v) is 5.99. The third-order valence-electron chi connectivity index (χ3n) is 1.30. The molecule has 0 N–H and O–H groups in total. The first kappa shape index (κ1) is 7.52. The Kier molecular flexibility index (Phi) is 3.30. The van der Waals surface area contributed by atoms with Crippen LogP contribution in [0.5, 0.6) is 0 Å². The number of hydrogen-bond donors (Lipinski definition) is 0. The van der Waals surface area contributed by atoms with Gasteiger partial charge in [0, 0.05) is 0 Å². The number of allylic oxidation sites excluding steroid dienone is 1. The summed E-state index contributed by atoms with van der Waals surface area (Å²) in [5, 5.41) is 0. The van der Waals surface area contributed by atoms with E-state index in [1.807, 2.05) is 0 Å². The fourth-order valence-corrected chi connectivity index (χ4v) is 0.737. The molecule has 0 aliphatic carbocycles. The quantitative estimate of drug-likeness (QED) is 0.479. The van der Waals surface area contributed by atoms with Gasteiger partial charge >= 0.3 is 0 Å². The summed E-state index contributed by atoms with van der Waals surface area (Å²) in [7, 11) is 0. The van der Waals surface area contributed by atoms with Crippen molar-refractivity contribution in [3.63, 3.8) is 0 Å². The summed E-state index contributed by atoms with van der Waals surface area (Å²) in [5.41, 5.74) is 4.24. The maximum absolute atomic E-state index is 3.59. The van der Waals surface area contributed by atoms with Gasteiger partial charge in [-0.25, -0.2) is 0 Å². The molecular weight excluding hydrogens is 96.1 g/mol. The average molecular weight is 110 g/mol. The van der Waals surface area contributed by atoms with Gasteiger partial charge in [0.2, 0.25) is 0 Å². The van der Waals surface area contributed by atoms with E-state index in [1.54, 1.807) is 0 Å². The molecule has 46 valence electrons. The zero-order chi connectivity index (χ0) is 6.57. The minimum atomic E-state index is 0.623. The maximum atomic E-state index is 3.59. The highest BCUT2D eigenvalue weighted by atomic mass is 14.0. The molecule has 8 heavy (non-hydrogen) atoms. The van der Waals surface area contributed by atoms with E-state index in [4.69, 9.17) is 0 Å². The molecule has 0 nitrogen and oxygen atoms in total. The van der Waals surface area contributed by atoms with E-state index in [0.717, 1.165) is 6.42 Å². The molecule has 0 aliphatic rings. The lowest BCUT2D eigenvalue weighted by molar-refractivity contribution is 0.734. The Morgan fingerprint density at radius 1 is 1.62 bits per heavy atom. The standard InChI is InChI=1S/C8H14/c1-5-8(6-2)7(3)4/h7H,1,6H2,2-4H3. The van der Waals surface area contributed by atoms with E-state index in [1.165, 1.54) is 5.57 Å². The van der Waals surface area contributed by atoms with Crippen molar-refractivity contribution in [2.24, 2.45) is 5.92 Å². The van der Waals surface area contributed by atoms with Crippen LogP contribution in [0.1, 0.15) is 27.2 Å². The van der Waals surface area contributed by atoms with Crippen LogP contribution >= 0.6 is 0 Å². The van der Waals surface area contributed by atoms with Gasteiger partial charge in [0.25, 0.3) is 0 Å². The maximum Gasteiger partial charge on any atom is -0.0184 e. The van der Waals surface area contributed by atoms with Crippen molar-refractivity contribution >= 4 is 0 Å². The van der Waals surface area contributed by atoms with Gasteiger partial charge in [-0.3, -0.25) is 0 Å². The first-order chi connectivity index (χ1) is 3.72. The molecule has 0 bridgehead atoms. The molecule has 0 heterocycles. The Labute approximate surface area is 51.9 Å². The molecule has 0 saturated heterocycles. The van der Waals surface area contributed by atoms with Crippen LogP contribution in [0.25, 0.3) is 0 Å². The molecule has 0 rings (SSSR count). The van der Waals surface area contributed by atoms with Gasteiger partial charge in [-0.05, 0) is 17.9 Å². The minimum absolute atomic E-state index is 0.623. The largest absolute Gasteiger partial charge is 0.129 e. The van der Waals surface area contributed by atoms with Gasteiger partial charge in [0.1, 0.15) is 0 Å². The van der Waals surface area contributed by atoms with Crippen LogP contribution in [-0.2, 0) is 0 Å². The van der Waals surface area contributed by atoms with E-state index in [0.29, 0.717) is 5.92 Å². The van der Waals surface area contributed by atoms with E-state index in [-0.39, 0.29) is 0 Å². The fourth-order valence-electron chi connectivity index (χ4n) is 0.737. The second kappa shape index (κ2) is 3.51. The van der Waals surface area contributed by atoms with Crippen LogP contribution in [0.4, 0.5) is 0 Å². The third-order valence-corrected chi connectivity index (χ3v) is 1.30. The average Bonchev–Trinajstić information content (AvgIpc) is 1.69. The molecule has 0 spiro atoms. The fraction of sp³-hybridized carbons (Fsp3) is 0.625. The van der Waals surface area contributed by atoms with Crippen molar-refractivity contribution in [3.8, 4) is 0 Å². The predicted molar refractivity (Wildman–Crippen MR) is 37.8 cm³/mol. The lowest BCUT2D eigenvalue weighted by atomic mass is 10.0. The van der Waals surface area contributed by atoms with E-state index >= 15 is 0 Å². The Bertz CT molecular complexity index is 103. The summed E-state index contributed by atoms with van der Waals surface area (Å²) in [6.07, 6.45) is 1.08. The van der Waals surface area contributed by atoms with Gasteiger partial charge in [-0.15, -0.1) is 5.73 Å². The van der Waals surface area contributed by atoms with Crippen LogP contribution in [0.15, 0.2) is 17.9 Å². The van der Waals surface area contributed by atoms with Gasteiger partial charge in [-0.2, -0.15) is 0 Å². The summed E-state index contributed by atoms with van der Waals surface area (Å²) < 4.78 is 0. The highest BCUT2D eigenvalue weighted by Gasteiger charge is 1.95. The second-order valence-corrected chi connectivity index (χ2v) is 2.21. The topological polar surface area (TPSA) is 0 Å². The van der Waals surface area contributed by atoms with Gasteiger partial charge in [0.05, 0.1) is 0 Å². The molecular formula is C8H14. The van der Waals surface area contributed by atoms with Crippen LogP contribution < -0.4 is 0 Å². The molecule has 0 amide bonds. The molecule has 0 unspecified atom stereocenters. The normalized spacial score (nSPS) is 9.00. The van der Waals surface area contributed by atoms with Crippen molar-refractivity contribution in [2.45, 2.75) is 27.2 Å². The van der Waals surface area contributed by atoms with E-state index in [9.17, 15) is 0 Å². The Hall–Kier alpha value is -0.480. The second-order valence-electron chi connectivity index (χ2n) is 2.21. The predicted octanol–water partition coefficient (Wildman–Crippen LogP) is 2.76. The molecule has 0 aromatic rings. The lowest BCUT2D eigenvalue weighted by Crippen LogP contribution is -1.88. The Morgan fingerprint density at radius 3 is 2.12 bits per heavy atom. The molecule has 0 aromatic heterocycles. The van der Waals surface area contributed by atoms with Gasteiger partial charge in [-0.1, -0.05) is 27.4 Å². The van der Waals surface area contributed by atoms with Crippen molar-refractivity contribution in [1.29, 1.82) is 0 Å². The van der Waals surface area contributed by atoms with Crippen LogP contribution in [-0.4, -0.2) is 0 Å². The van der Waals surface area contributed by atoms with Crippen molar-refractivity contribution in [3.05, 3.63) is 17.9 Å². The van der Waals surface area contributed by atoms with Crippen LogP contribution in [0, 0.1) is 5.92 Å². The Morgan fingerprint density at radius 2 is 2.12 bits per heavy atom. The molecule has 0 radical (unpaired) electrons. The number of rotatable bonds is 2. The zero-order valence-electron chi connectivity index (χ0n) is 5.99. The molecule has 0 aliphatic heterocycles. The molecule has 0 atom stereocenters. The molecule has 0 fully saturated rings. The lowest BCUT2D eigenvalue weighted by Gasteiger charge is -2.02. The monoisotopic (exact) mass is 110 g/mol. The highest BCUT2D eigenvalue weighted by molar-refractivity contribution is 5.00. The summed E-state index contributed by atoms with van der Waals surface area (Å²) in [5.74, 6) is 0.623. The third kappa shape index (κ3) is 1.99. The summed E-state index contributed by atoms with van der Waals surface area (Å²) >= 11 is 0. The van der Waals surface area contributed by atoms with Crippen LogP contribution in [0.2, 0.25) is 0 Å². The number of hydrogen-bond acceptors (Lipinski definition) is 0. The first-order valence-electron chi connectivity index (χ1n) is 3.11. The van der Waals surface area contributed by atoms with Crippen molar-refractivity contribution < 1.29 is 0 Å². The van der Waals surface area contributed by atoms with E-state index in [2.05, 4.69) is 33.1 Å². The first-order valence-corrected chi connectivity index (χ1v) is 3.11. The highest BCUT2D eigenvalue weighted by Crippen LogP contribution is 2.09. The van der Waals surface area contributed by atoms with Crippen molar-refractivity contribution in [1.82, 2.24) is 0 Å².